The Kier molecular flexibility index (Phi) is 5.05. The van der Waals surface area contributed by atoms with Crippen molar-refractivity contribution in [3.05, 3.63) is 0 Å². The van der Waals surface area contributed by atoms with Crippen LogP contribution in [-0.2, 0) is 0 Å². The van der Waals surface area contributed by atoms with Gasteiger partial charge in [0.2, 0.25) is 0 Å². The van der Waals surface area contributed by atoms with Gasteiger partial charge in [0, 0.05) is 12.0 Å². The van der Waals surface area contributed by atoms with Gasteiger partial charge in [-0.3, -0.25) is 0 Å². The molecular weight excluding hydrogens is 162 g/mol. The summed E-state index contributed by atoms with van der Waals surface area (Å²) in [7, 11) is 3.96. The molecule has 0 aromatic carbocycles. The summed E-state index contributed by atoms with van der Waals surface area (Å²) in [6.07, 6.45) is 1.20. The highest BCUT2D eigenvalue weighted by Gasteiger charge is 2.29. The summed E-state index contributed by atoms with van der Waals surface area (Å²) in [5, 5.41) is 9.86. The molecule has 0 aliphatic rings. The fourth-order valence-electron chi connectivity index (χ4n) is 0.985. The molecule has 0 aromatic rings. The first-order valence-corrected chi connectivity index (χ1v) is 4.68. The van der Waals surface area contributed by atoms with E-state index >= 15 is 0 Å². The van der Waals surface area contributed by atoms with Gasteiger partial charge in [-0.25, -0.2) is 0 Å². The molecule has 0 aliphatic heterocycles. The van der Waals surface area contributed by atoms with E-state index in [1.165, 1.54) is 0 Å². The van der Waals surface area contributed by atoms with E-state index in [4.69, 9.17) is 0 Å². The Balaban J connectivity index is 4.06. The van der Waals surface area contributed by atoms with Crippen molar-refractivity contribution in [1.82, 2.24) is 4.90 Å². The molecule has 0 fully saturated rings. The van der Waals surface area contributed by atoms with Gasteiger partial charge in [-0.05, 0) is 41.3 Å². The molecule has 1 atom stereocenters. The highest BCUT2D eigenvalue weighted by molar-refractivity contribution is 4.97. The molecule has 13 heavy (non-hydrogen) atoms. The first kappa shape index (κ1) is 12.5. The van der Waals surface area contributed by atoms with Gasteiger partial charge in [0.05, 0.1) is 6.10 Å². The van der Waals surface area contributed by atoms with Gasteiger partial charge in [-0.1, -0.05) is 0 Å². The van der Waals surface area contributed by atoms with Gasteiger partial charge in [-0.2, -0.15) is 0 Å². The van der Waals surface area contributed by atoms with Crippen molar-refractivity contribution in [2.24, 2.45) is 0 Å². The van der Waals surface area contributed by atoms with Crippen LogP contribution >= 0.6 is 0 Å². The zero-order valence-electron chi connectivity index (χ0n) is 9.39. The van der Waals surface area contributed by atoms with Crippen LogP contribution in [-0.4, -0.2) is 35.7 Å². The number of nitrogens with zero attached hydrogens (tertiary/aromatic N) is 1. The largest absolute Gasteiger partial charge is 0.391 e. The zero-order chi connectivity index (χ0) is 10.5. The van der Waals surface area contributed by atoms with E-state index in [0.717, 1.165) is 12.8 Å². The van der Waals surface area contributed by atoms with Gasteiger partial charge in [0.15, 0.2) is 0 Å². The minimum atomic E-state index is -0.316. The van der Waals surface area contributed by atoms with E-state index in [0.29, 0.717) is 0 Å². The van der Waals surface area contributed by atoms with E-state index in [2.05, 4.69) is 11.8 Å². The summed E-state index contributed by atoms with van der Waals surface area (Å²) in [5.74, 6) is 5.79. The third-order valence-corrected chi connectivity index (χ3v) is 2.69. The molecule has 0 rings (SSSR count). The molecule has 0 aliphatic carbocycles. The van der Waals surface area contributed by atoms with Gasteiger partial charge in [0.25, 0.3) is 0 Å². The Morgan fingerprint density at radius 1 is 1.38 bits per heavy atom. The first-order valence-electron chi connectivity index (χ1n) is 4.68. The maximum atomic E-state index is 9.86. The fourth-order valence-corrected chi connectivity index (χ4v) is 0.985. The Bertz CT molecular complexity index is 198. The molecule has 0 radical (unpaired) electrons. The molecule has 1 N–H and O–H groups in total. The van der Waals surface area contributed by atoms with Crippen molar-refractivity contribution in [3.8, 4) is 11.8 Å². The van der Waals surface area contributed by atoms with Gasteiger partial charge in [0.1, 0.15) is 0 Å². The average Bonchev–Trinajstić information content (AvgIpc) is 2.04. The van der Waals surface area contributed by atoms with Crippen LogP contribution in [0.5, 0.6) is 0 Å². The predicted octanol–water partition coefficient (Wildman–Crippen LogP) is 1.49. The maximum absolute atomic E-state index is 9.86. The molecule has 0 bridgehead atoms. The molecule has 2 heteroatoms. The minimum Gasteiger partial charge on any atom is -0.391 e. The number of likely N-dealkylation sites (N-methyl/N-ethyl adjacent to an activating group) is 1. The summed E-state index contributed by atoms with van der Waals surface area (Å²) >= 11 is 0. The van der Waals surface area contributed by atoms with Crippen molar-refractivity contribution < 1.29 is 5.11 Å². The van der Waals surface area contributed by atoms with E-state index < -0.39 is 0 Å². The van der Waals surface area contributed by atoms with Crippen LogP contribution in [0.3, 0.4) is 0 Å². The number of hydrogen-bond acceptors (Lipinski definition) is 2. The fraction of sp³-hybridized carbons (Fsp3) is 0.818. The number of rotatable bonds is 4. The molecule has 2 nitrogen and oxygen atoms in total. The first-order chi connectivity index (χ1) is 5.92. The topological polar surface area (TPSA) is 23.5 Å². The third kappa shape index (κ3) is 3.80. The Labute approximate surface area is 81.9 Å². The second-order valence-electron chi connectivity index (χ2n) is 4.03. The molecule has 0 aromatic heterocycles. The highest BCUT2D eigenvalue weighted by atomic mass is 16.3. The van der Waals surface area contributed by atoms with Crippen molar-refractivity contribution in [3.63, 3.8) is 0 Å². The van der Waals surface area contributed by atoms with E-state index in [-0.39, 0.29) is 11.6 Å². The maximum Gasteiger partial charge on any atom is 0.0727 e. The quantitative estimate of drug-likeness (QED) is 0.668. The van der Waals surface area contributed by atoms with Crippen LogP contribution in [0.4, 0.5) is 0 Å². The lowest BCUT2D eigenvalue weighted by Gasteiger charge is -2.36. The van der Waals surface area contributed by atoms with Crippen LogP contribution < -0.4 is 0 Å². The molecule has 1 unspecified atom stereocenters. The predicted molar refractivity (Wildman–Crippen MR) is 56.5 cm³/mol. The van der Waals surface area contributed by atoms with Crippen LogP contribution in [0, 0.1) is 11.8 Å². The van der Waals surface area contributed by atoms with Gasteiger partial charge in [-0.15, -0.1) is 11.8 Å². The van der Waals surface area contributed by atoms with Crippen molar-refractivity contribution in [1.29, 1.82) is 0 Å². The van der Waals surface area contributed by atoms with Crippen molar-refractivity contribution in [2.45, 2.75) is 45.3 Å². The molecule has 0 saturated heterocycles. The molecule has 0 amide bonds. The van der Waals surface area contributed by atoms with Crippen molar-refractivity contribution >= 4 is 0 Å². The Morgan fingerprint density at radius 2 is 1.92 bits per heavy atom. The monoisotopic (exact) mass is 183 g/mol. The van der Waals surface area contributed by atoms with Gasteiger partial charge >= 0.3 is 0 Å². The summed E-state index contributed by atoms with van der Waals surface area (Å²) < 4.78 is 0. The van der Waals surface area contributed by atoms with Crippen LogP contribution in [0.15, 0.2) is 0 Å². The normalized spacial score (nSPS) is 13.8. The standard InChI is InChI=1S/C11H21NO/c1-6-7-8-9-10(13)11(2,3)12(4)5/h10,13H,8-9H2,1-5H3. The SMILES string of the molecule is CC#CCCC(O)C(C)(C)N(C)C. The molecule has 0 heterocycles. The van der Waals surface area contributed by atoms with Crippen LogP contribution in [0.2, 0.25) is 0 Å². The summed E-state index contributed by atoms with van der Waals surface area (Å²) in [6.45, 7) is 5.90. The summed E-state index contributed by atoms with van der Waals surface area (Å²) in [4.78, 5) is 2.04. The second kappa shape index (κ2) is 5.26. The van der Waals surface area contributed by atoms with E-state index in [9.17, 15) is 5.11 Å². The summed E-state index contributed by atoms with van der Waals surface area (Å²) in [6, 6.07) is 0. The lowest BCUT2D eigenvalue weighted by Crippen LogP contribution is -2.48. The average molecular weight is 183 g/mol. The van der Waals surface area contributed by atoms with Crippen molar-refractivity contribution in [2.75, 3.05) is 14.1 Å². The number of aliphatic hydroxyl groups excluding tert-OH is 1. The molecule has 0 spiro atoms. The lowest BCUT2D eigenvalue weighted by atomic mass is 9.92. The Morgan fingerprint density at radius 3 is 2.31 bits per heavy atom. The molecular formula is C11H21NO. The third-order valence-electron chi connectivity index (χ3n) is 2.69. The molecule has 0 saturated carbocycles. The smallest absolute Gasteiger partial charge is 0.0727 e. The highest BCUT2D eigenvalue weighted by Crippen LogP contribution is 2.18. The zero-order valence-corrected chi connectivity index (χ0v) is 9.39. The summed E-state index contributed by atoms with van der Waals surface area (Å²) in [5.41, 5.74) is -0.171. The Hall–Kier alpha value is -0.520. The van der Waals surface area contributed by atoms with Gasteiger partial charge < -0.3 is 10.0 Å². The molecule has 76 valence electrons. The second-order valence-corrected chi connectivity index (χ2v) is 4.03. The van der Waals surface area contributed by atoms with Crippen LogP contribution in [0.1, 0.15) is 33.6 Å². The van der Waals surface area contributed by atoms with E-state index in [1.54, 1.807) is 0 Å². The van der Waals surface area contributed by atoms with E-state index in [1.807, 2.05) is 39.8 Å². The number of hydrogen-bond donors (Lipinski definition) is 1. The lowest BCUT2D eigenvalue weighted by molar-refractivity contribution is 0.0135. The minimum absolute atomic E-state index is 0.171. The van der Waals surface area contributed by atoms with Crippen LogP contribution in [0.25, 0.3) is 0 Å². The number of aliphatic hydroxyl groups is 1.